The fourth-order valence-electron chi connectivity index (χ4n) is 2.62. The van der Waals surface area contributed by atoms with Crippen LogP contribution in [0.5, 0.6) is 0 Å². The zero-order valence-corrected chi connectivity index (χ0v) is 20.3. The van der Waals surface area contributed by atoms with E-state index in [-0.39, 0.29) is 24.0 Å². The number of nitrogens with one attached hydrogen (secondary N) is 2. The number of guanidine groups is 1. The second-order valence-corrected chi connectivity index (χ2v) is 6.74. The van der Waals surface area contributed by atoms with Crippen molar-refractivity contribution in [3.63, 3.8) is 0 Å². The molecular weight excluding hydrogens is 524 g/mol. The maximum Gasteiger partial charge on any atom is 0.416 e. The molecule has 0 saturated heterocycles. The van der Waals surface area contributed by atoms with E-state index < -0.39 is 11.7 Å². The predicted molar refractivity (Wildman–Crippen MR) is 125 cm³/mol. The lowest BCUT2D eigenvalue weighted by atomic mass is 10.1. The minimum absolute atomic E-state index is 0. The molecule has 1 heterocycles. The molecule has 0 saturated carbocycles. The van der Waals surface area contributed by atoms with Gasteiger partial charge in [-0.2, -0.15) is 13.2 Å². The summed E-state index contributed by atoms with van der Waals surface area (Å²) < 4.78 is 45.2. The highest BCUT2D eigenvalue weighted by Gasteiger charge is 2.29. The molecule has 2 rings (SSSR count). The Morgan fingerprint density at radius 1 is 1.13 bits per heavy atom. The molecule has 1 aromatic carbocycles. The van der Waals surface area contributed by atoms with Gasteiger partial charge in [-0.1, -0.05) is 12.1 Å². The van der Waals surface area contributed by atoms with E-state index in [1.807, 2.05) is 25.5 Å². The molecule has 0 bridgehead atoms. The van der Waals surface area contributed by atoms with Crippen molar-refractivity contribution >= 4 is 29.9 Å². The fourth-order valence-corrected chi connectivity index (χ4v) is 2.62. The van der Waals surface area contributed by atoms with Gasteiger partial charge in [0.1, 0.15) is 12.4 Å². The van der Waals surface area contributed by atoms with Crippen molar-refractivity contribution in [1.29, 1.82) is 0 Å². The highest BCUT2D eigenvalue weighted by molar-refractivity contribution is 14.0. The molecule has 0 aliphatic carbocycles. The van der Waals surface area contributed by atoms with Crippen LogP contribution in [-0.2, 0) is 30.9 Å². The topological polar surface area (TPSA) is 76.4 Å². The van der Waals surface area contributed by atoms with Crippen LogP contribution in [0, 0.1) is 6.92 Å². The Morgan fingerprint density at radius 3 is 2.39 bits per heavy atom. The van der Waals surface area contributed by atoms with Gasteiger partial charge in [0, 0.05) is 33.4 Å². The maximum atomic E-state index is 12.7. The number of aryl methyl sites for hydroxylation is 1. The van der Waals surface area contributed by atoms with Crippen molar-refractivity contribution in [2.75, 3.05) is 26.3 Å². The average molecular weight is 554 g/mol. The molecule has 0 atom stereocenters. The Bertz CT molecular complexity index is 808. The van der Waals surface area contributed by atoms with Crippen LogP contribution in [0.1, 0.15) is 36.1 Å². The van der Waals surface area contributed by atoms with Crippen LogP contribution in [0.25, 0.3) is 0 Å². The van der Waals surface area contributed by atoms with Gasteiger partial charge in [0.05, 0.1) is 5.56 Å². The highest BCUT2D eigenvalue weighted by Crippen LogP contribution is 2.29. The number of aromatic nitrogens is 3. The van der Waals surface area contributed by atoms with Gasteiger partial charge < -0.3 is 19.9 Å². The molecule has 2 aromatic rings. The first-order chi connectivity index (χ1) is 14.3. The number of benzene rings is 1. The molecule has 2 N–H and O–H groups in total. The molecule has 0 amide bonds. The minimum atomic E-state index is -4.32. The Balaban J connectivity index is 0.00000480. The van der Waals surface area contributed by atoms with Gasteiger partial charge in [0.25, 0.3) is 0 Å². The summed E-state index contributed by atoms with van der Waals surface area (Å²) in [6, 6.07) is 5.21. The van der Waals surface area contributed by atoms with E-state index in [0.717, 1.165) is 35.8 Å². The molecule has 11 heteroatoms. The third kappa shape index (κ3) is 9.42. The normalized spacial score (nSPS) is 11.9. The van der Waals surface area contributed by atoms with Gasteiger partial charge in [0.2, 0.25) is 0 Å². The van der Waals surface area contributed by atoms with Crippen molar-refractivity contribution in [2.24, 2.45) is 12.0 Å². The number of halogens is 4. The van der Waals surface area contributed by atoms with E-state index in [1.54, 1.807) is 0 Å². The van der Waals surface area contributed by atoms with Gasteiger partial charge in [-0.15, -0.1) is 34.2 Å². The standard InChI is InChI=1S/C20H29F3N6O.HI/c1-4-30-13-5-11-24-19(26-14-18-28-27-15(2)29(18)3)25-12-10-16-6-8-17(9-7-16)20(21,22)23;/h6-9H,4-5,10-14H2,1-3H3,(H2,24,25,26);1H. The number of hydrogen-bond acceptors (Lipinski definition) is 4. The van der Waals surface area contributed by atoms with Crippen LogP contribution in [0.15, 0.2) is 29.3 Å². The number of ether oxygens (including phenoxy) is 1. The molecule has 0 unspecified atom stereocenters. The third-order valence-electron chi connectivity index (χ3n) is 4.51. The summed E-state index contributed by atoms with van der Waals surface area (Å²) in [7, 11) is 1.88. The first kappa shape index (κ1) is 27.1. The summed E-state index contributed by atoms with van der Waals surface area (Å²) in [6.07, 6.45) is -2.92. The molecule has 0 radical (unpaired) electrons. The van der Waals surface area contributed by atoms with Crippen molar-refractivity contribution in [3.05, 3.63) is 47.0 Å². The van der Waals surface area contributed by atoms with E-state index >= 15 is 0 Å². The monoisotopic (exact) mass is 554 g/mol. The Labute approximate surface area is 197 Å². The van der Waals surface area contributed by atoms with Crippen molar-refractivity contribution in [1.82, 2.24) is 25.4 Å². The van der Waals surface area contributed by atoms with Gasteiger partial charge >= 0.3 is 6.18 Å². The lowest BCUT2D eigenvalue weighted by Crippen LogP contribution is -2.39. The fraction of sp³-hybridized carbons (Fsp3) is 0.550. The van der Waals surface area contributed by atoms with Crippen LogP contribution in [0.2, 0.25) is 0 Å². The highest BCUT2D eigenvalue weighted by atomic mass is 127. The summed E-state index contributed by atoms with van der Waals surface area (Å²) in [5, 5.41) is 14.6. The number of aliphatic imine (C=N–C) groups is 1. The molecule has 0 fully saturated rings. The molecular formula is C20H30F3IN6O. The lowest BCUT2D eigenvalue weighted by Gasteiger charge is -2.13. The smallest absolute Gasteiger partial charge is 0.382 e. The Kier molecular flexibility index (Phi) is 11.8. The molecule has 1 aromatic heterocycles. The van der Waals surface area contributed by atoms with Crippen molar-refractivity contribution < 1.29 is 17.9 Å². The van der Waals surface area contributed by atoms with Crippen molar-refractivity contribution in [3.8, 4) is 0 Å². The second-order valence-electron chi connectivity index (χ2n) is 6.74. The van der Waals surface area contributed by atoms with Crippen LogP contribution in [0.4, 0.5) is 13.2 Å². The molecule has 7 nitrogen and oxygen atoms in total. The van der Waals surface area contributed by atoms with Crippen LogP contribution in [0.3, 0.4) is 0 Å². The van der Waals surface area contributed by atoms with Gasteiger partial charge in [-0.3, -0.25) is 0 Å². The maximum absolute atomic E-state index is 12.7. The number of nitrogens with zero attached hydrogens (tertiary/aromatic N) is 4. The van der Waals surface area contributed by atoms with Crippen LogP contribution < -0.4 is 10.6 Å². The number of alkyl halides is 3. The summed E-state index contributed by atoms with van der Waals surface area (Å²) >= 11 is 0. The summed E-state index contributed by atoms with van der Waals surface area (Å²) in [6.45, 7) is 6.73. The van der Waals surface area contributed by atoms with E-state index in [9.17, 15) is 13.2 Å². The number of rotatable bonds is 10. The van der Waals surface area contributed by atoms with Crippen LogP contribution in [-0.4, -0.2) is 47.0 Å². The molecule has 31 heavy (non-hydrogen) atoms. The van der Waals surface area contributed by atoms with E-state index in [4.69, 9.17) is 4.74 Å². The quantitative estimate of drug-likeness (QED) is 0.204. The average Bonchev–Trinajstić information content (AvgIpc) is 3.03. The van der Waals surface area contributed by atoms with E-state index in [2.05, 4.69) is 25.8 Å². The second kappa shape index (κ2) is 13.5. The lowest BCUT2D eigenvalue weighted by molar-refractivity contribution is -0.137. The number of hydrogen-bond donors (Lipinski definition) is 2. The summed E-state index contributed by atoms with van der Waals surface area (Å²) in [5.41, 5.74) is 0.173. The molecule has 0 aliphatic heterocycles. The molecule has 0 aliphatic rings. The zero-order chi connectivity index (χ0) is 22.0. The van der Waals surface area contributed by atoms with Gasteiger partial charge in [-0.05, 0) is 44.4 Å². The Hall–Kier alpha value is -1.89. The first-order valence-corrected chi connectivity index (χ1v) is 9.92. The van der Waals surface area contributed by atoms with Crippen molar-refractivity contribution in [2.45, 2.75) is 39.4 Å². The summed E-state index contributed by atoms with van der Waals surface area (Å²) in [5.74, 6) is 2.16. The molecule has 174 valence electrons. The van der Waals surface area contributed by atoms with Gasteiger partial charge in [-0.25, -0.2) is 4.99 Å². The van der Waals surface area contributed by atoms with E-state index in [1.165, 1.54) is 12.1 Å². The summed E-state index contributed by atoms with van der Waals surface area (Å²) in [4.78, 5) is 4.55. The van der Waals surface area contributed by atoms with Crippen LogP contribution >= 0.6 is 24.0 Å². The zero-order valence-electron chi connectivity index (χ0n) is 18.0. The first-order valence-electron chi connectivity index (χ1n) is 9.92. The predicted octanol–water partition coefficient (Wildman–Crippen LogP) is 3.46. The Morgan fingerprint density at radius 2 is 1.81 bits per heavy atom. The third-order valence-corrected chi connectivity index (χ3v) is 4.51. The van der Waals surface area contributed by atoms with Gasteiger partial charge in [0.15, 0.2) is 11.8 Å². The SMILES string of the molecule is CCOCCCNC(=NCc1nnc(C)n1C)NCCc1ccc(C(F)(F)F)cc1.I. The molecule has 0 spiro atoms. The van der Waals surface area contributed by atoms with E-state index in [0.29, 0.717) is 45.2 Å². The minimum Gasteiger partial charge on any atom is -0.382 e. The largest absolute Gasteiger partial charge is 0.416 e.